The SMILES string of the molecule is NCc1cccc(C(=O)n2nc(-c3ccccc3)cc2NCc2ccccc2)c1. The van der Waals surface area contributed by atoms with E-state index in [1.165, 1.54) is 4.68 Å². The molecule has 3 aromatic carbocycles. The largest absolute Gasteiger partial charge is 0.366 e. The summed E-state index contributed by atoms with van der Waals surface area (Å²) in [4.78, 5) is 13.2. The van der Waals surface area contributed by atoms with Crippen LogP contribution < -0.4 is 11.1 Å². The third-order valence-electron chi connectivity index (χ3n) is 4.70. The van der Waals surface area contributed by atoms with E-state index in [1.807, 2.05) is 84.9 Å². The Bertz CT molecular complexity index is 1100. The van der Waals surface area contributed by atoms with Gasteiger partial charge in [0.25, 0.3) is 5.91 Å². The van der Waals surface area contributed by atoms with E-state index in [2.05, 4.69) is 10.4 Å². The van der Waals surface area contributed by atoms with Crippen molar-refractivity contribution in [3.05, 3.63) is 108 Å². The lowest BCUT2D eigenvalue weighted by molar-refractivity contribution is 0.0948. The molecule has 4 rings (SSSR count). The normalized spacial score (nSPS) is 10.7. The Morgan fingerprint density at radius 1 is 0.862 bits per heavy atom. The molecule has 5 nitrogen and oxygen atoms in total. The standard InChI is InChI=1S/C24H22N4O/c25-16-19-10-7-13-21(14-19)24(29)28-23(26-17-18-8-3-1-4-9-18)15-22(27-28)20-11-5-2-6-12-20/h1-15,26H,16-17,25H2. The van der Waals surface area contributed by atoms with Crippen molar-refractivity contribution in [2.24, 2.45) is 5.73 Å². The summed E-state index contributed by atoms with van der Waals surface area (Å²) in [6, 6.07) is 29.1. The molecule has 29 heavy (non-hydrogen) atoms. The Morgan fingerprint density at radius 3 is 2.28 bits per heavy atom. The lowest BCUT2D eigenvalue weighted by Gasteiger charge is -2.09. The molecule has 144 valence electrons. The summed E-state index contributed by atoms with van der Waals surface area (Å²) >= 11 is 0. The predicted octanol–water partition coefficient (Wildman–Crippen LogP) is 4.31. The van der Waals surface area contributed by atoms with E-state index in [-0.39, 0.29) is 5.91 Å². The first-order chi connectivity index (χ1) is 14.2. The number of nitrogens with two attached hydrogens (primary N) is 1. The molecule has 0 aliphatic rings. The van der Waals surface area contributed by atoms with Crippen molar-refractivity contribution in [1.82, 2.24) is 9.78 Å². The maximum Gasteiger partial charge on any atom is 0.280 e. The smallest absolute Gasteiger partial charge is 0.280 e. The Kier molecular flexibility index (Phi) is 5.49. The molecule has 3 N–H and O–H groups in total. The zero-order valence-electron chi connectivity index (χ0n) is 16.0. The van der Waals surface area contributed by atoms with Gasteiger partial charge >= 0.3 is 0 Å². The Morgan fingerprint density at radius 2 is 1.55 bits per heavy atom. The molecule has 0 fully saturated rings. The molecule has 0 saturated heterocycles. The molecule has 0 unspecified atom stereocenters. The van der Waals surface area contributed by atoms with Crippen molar-refractivity contribution < 1.29 is 4.79 Å². The Labute approximate surface area is 169 Å². The lowest BCUT2D eigenvalue weighted by atomic mass is 10.1. The molecule has 4 aromatic rings. The molecule has 0 radical (unpaired) electrons. The minimum Gasteiger partial charge on any atom is -0.366 e. The van der Waals surface area contributed by atoms with Crippen molar-refractivity contribution in [3.8, 4) is 11.3 Å². The van der Waals surface area contributed by atoms with Gasteiger partial charge in [-0.15, -0.1) is 0 Å². The summed E-state index contributed by atoms with van der Waals surface area (Å²) in [5.41, 5.74) is 10.0. The van der Waals surface area contributed by atoms with E-state index in [9.17, 15) is 4.79 Å². The summed E-state index contributed by atoms with van der Waals surface area (Å²) < 4.78 is 1.43. The fourth-order valence-corrected chi connectivity index (χ4v) is 3.15. The van der Waals surface area contributed by atoms with Gasteiger partial charge < -0.3 is 11.1 Å². The van der Waals surface area contributed by atoms with E-state index in [1.54, 1.807) is 6.07 Å². The van der Waals surface area contributed by atoms with Crippen molar-refractivity contribution in [3.63, 3.8) is 0 Å². The van der Waals surface area contributed by atoms with Crippen LogP contribution in [0.1, 0.15) is 21.5 Å². The van der Waals surface area contributed by atoms with Crippen LogP contribution in [-0.2, 0) is 13.1 Å². The number of carbonyl (C=O) groups is 1. The molecular weight excluding hydrogens is 360 g/mol. The van der Waals surface area contributed by atoms with Crippen LogP contribution in [0.4, 0.5) is 5.82 Å². The number of benzene rings is 3. The predicted molar refractivity (Wildman–Crippen MR) is 115 cm³/mol. The van der Waals surface area contributed by atoms with Gasteiger partial charge in [0.2, 0.25) is 0 Å². The number of aromatic nitrogens is 2. The first-order valence-corrected chi connectivity index (χ1v) is 9.51. The monoisotopic (exact) mass is 382 g/mol. The van der Waals surface area contributed by atoms with Crippen LogP contribution in [0.2, 0.25) is 0 Å². The molecule has 0 aliphatic carbocycles. The second-order valence-corrected chi connectivity index (χ2v) is 6.74. The fourth-order valence-electron chi connectivity index (χ4n) is 3.15. The van der Waals surface area contributed by atoms with Gasteiger partial charge in [0.15, 0.2) is 0 Å². The summed E-state index contributed by atoms with van der Waals surface area (Å²) in [7, 11) is 0. The topological polar surface area (TPSA) is 72.9 Å². The zero-order valence-corrected chi connectivity index (χ0v) is 16.0. The van der Waals surface area contributed by atoms with Gasteiger partial charge in [-0.2, -0.15) is 9.78 Å². The van der Waals surface area contributed by atoms with E-state index in [0.29, 0.717) is 24.5 Å². The van der Waals surface area contributed by atoms with E-state index in [0.717, 1.165) is 22.4 Å². The number of hydrogen-bond donors (Lipinski definition) is 2. The molecular formula is C24H22N4O. The van der Waals surface area contributed by atoms with Crippen LogP contribution in [0.3, 0.4) is 0 Å². The van der Waals surface area contributed by atoms with Crippen molar-refractivity contribution in [1.29, 1.82) is 0 Å². The average molecular weight is 382 g/mol. The molecule has 5 heteroatoms. The second kappa shape index (κ2) is 8.54. The minimum atomic E-state index is -0.196. The summed E-state index contributed by atoms with van der Waals surface area (Å²) in [6.07, 6.45) is 0. The minimum absolute atomic E-state index is 0.196. The second-order valence-electron chi connectivity index (χ2n) is 6.74. The van der Waals surface area contributed by atoms with Gasteiger partial charge in [-0.1, -0.05) is 72.8 Å². The highest BCUT2D eigenvalue weighted by Gasteiger charge is 2.17. The highest BCUT2D eigenvalue weighted by atomic mass is 16.2. The number of anilines is 1. The van der Waals surface area contributed by atoms with Crippen LogP contribution in [-0.4, -0.2) is 15.7 Å². The maximum absolute atomic E-state index is 13.2. The van der Waals surface area contributed by atoms with Gasteiger partial charge in [0, 0.05) is 30.3 Å². The summed E-state index contributed by atoms with van der Waals surface area (Å²) in [6.45, 7) is 0.978. The zero-order chi connectivity index (χ0) is 20.1. The molecule has 0 bridgehead atoms. The number of carbonyl (C=O) groups excluding carboxylic acids is 1. The molecule has 0 saturated carbocycles. The fraction of sp³-hybridized carbons (Fsp3) is 0.0833. The highest BCUT2D eigenvalue weighted by molar-refractivity contribution is 5.97. The first-order valence-electron chi connectivity index (χ1n) is 9.51. The van der Waals surface area contributed by atoms with Crippen molar-refractivity contribution in [2.75, 3.05) is 5.32 Å². The van der Waals surface area contributed by atoms with Crippen molar-refractivity contribution >= 4 is 11.7 Å². The third kappa shape index (κ3) is 4.25. The van der Waals surface area contributed by atoms with Gasteiger partial charge in [-0.25, -0.2) is 0 Å². The van der Waals surface area contributed by atoms with Crippen LogP contribution in [0.5, 0.6) is 0 Å². The van der Waals surface area contributed by atoms with Crippen LogP contribution in [0.25, 0.3) is 11.3 Å². The number of hydrogen-bond acceptors (Lipinski definition) is 4. The van der Waals surface area contributed by atoms with Gasteiger partial charge in [0.1, 0.15) is 5.82 Å². The third-order valence-corrected chi connectivity index (χ3v) is 4.70. The quantitative estimate of drug-likeness (QED) is 0.521. The van der Waals surface area contributed by atoms with Gasteiger partial charge in [0.05, 0.1) is 5.69 Å². The molecule has 1 aromatic heterocycles. The van der Waals surface area contributed by atoms with Gasteiger partial charge in [-0.05, 0) is 23.3 Å². The van der Waals surface area contributed by atoms with E-state index >= 15 is 0 Å². The molecule has 0 amide bonds. The van der Waals surface area contributed by atoms with Gasteiger partial charge in [-0.3, -0.25) is 4.79 Å². The van der Waals surface area contributed by atoms with Crippen LogP contribution >= 0.6 is 0 Å². The first kappa shape index (κ1) is 18.7. The maximum atomic E-state index is 13.2. The number of nitrogens with one attached hydrogen (secondary N) is 1. The van der Waals surface area contributed by atoms with Crippen LogP contribution in [0, 0.1) is 0 Å². The van der Waals surface area contributed by atoms with E-state index < -0.39 is 0 Å². The van der Waals surface area contributed by atoms with Crippen molar-refractivity contribution in [2.45, 2.75) is 13.1 Å². The summed E-state index contributed by atoms with van der Waals surface area (Å²) in [5.74, 6) is 0.453. The average Bonchev–Trinajstić information content (AvgIpc) is 3.23. The lowest BCUT2D eigenvalue weighted by Crippen LogP contribution is -2.17. The molecule has 0 spiro atoms. The van der Waals surface area contributed by atoms with E-state index in [4.69, 9.17) is 5.73 Å². The molecule has 0 aliphatic heterocycles. The molecule has 1 heterocycles. The van der Waals surface area contributed by atoms with Crippen LogP contribution in [0.15, 0.2) is 91.0 Å². The Hall–Kier alpha value is -3.70. The number of nitrogens with zero attached hydrogens (tertiary/aromatic N) is 2. The highest BCUT2D eigenvalue weighted by Crippen LogP contribution is 2.23. The molecule has 0 atom stereocenters. The number of rotatable bonds is 6. The Balaban J connectivity index is 1.70. The summed E-state index contributed by atoms with van der Waals surface area (Å²) in [5, 5.41) is 7.95.